The first-order valence-electron chi connectivity index (χ1n) is 9.34. The molecule has 1 aliphatic heterocycles. The SMILES string of the molecule is CCOC(=O)c1c(NC(=O)COc2ccc(Cl)cc2Cl)sc2c1CCN(CC)C2. The van der Waals surface area contributed by atoms with Gasteiger partial charge in [-0.1, -0.05) is 30.1 Å². The molecule has 0 bridgehead atoms. The summed E-state index contributed by atoms with van der Waals surface area (Å²) in [7, 11) is 0. The minimum Gasteiger partial charge on any atom is -0.482 e. The molecule has 0 unspecified atom stereocenters. The number of fused-ring (bicyclic) bond motifs is 1. The summed E-state index contributed by atoms with van der Waals surface area (Å²) in [6, 6.07) is 4.78. The van der Waals surface area contributed by atoms with Gasteiger partial charge >= 0.3 is 5.97 Å². The highest BCUT2D eigenvalue weighted by Crippen LogP contribution is 2.37. The van der Waals surface area contributed by atoms with Gasteiger partial charge < -0.3 is 14.8 Å². The molecule has 29 heavy (non-hydrogen) atoms. The van der Waals surface area contributed by atoms with E-state index in [2.05, 4.69) is 17.1 Å². The van der Waals surface area contributed by atoms with Crippen molar-refractivity contribution < 1.29 is 19.1 Å². The van der Waals surface area contributed by atoms with Crippen molar-refractivity contribution in [2.75, 3.05) is 31.6 Å². The van der Waals surface area contributed by atoms with Crippen molar-refractivity contribution in [2.24, 2.45) is 0 Å². The lowest BCUT2D eigenvalue weighted by Gasteiger charge is -2.25. The Labute approximate surface area is 183 Å². The van der Waals surface area contributed by atoms with Gasteiger partial charge in [0, 0.05) is 23.0 Å². The second-order valence-electron chi connectivity index (χ2n) is 6.46. The van der Waals surface area contributed by atoms with Crippen molar-refractivity contribution in [2.45, 2.75) is 26.8 Å². The van der Waals surface area contributed by atoms with Crippen LogP contribution >= 0.6 is 34.5 Å². The largest absolute Gasteiger partial charge is 0.482 e. The van der Waals surface area contributed by atoms with E-state index in [9.17, 15) is 9.59 Å². The van der Waals surface area contributed by atoms with Gasteiger partial charge in [-0.3, -0.25) is 9.69 Å². The van der Waals surface area contributed by atoms with Gasteiger partial charge in [-0.25, -0.2) is 4.79 Å². The minimum atomic E-state index is -0.410. The van der Waals surface area contributed by atoms with E-state index in [1.54, 1.807) is 25.1 Å². The van der Waals surface area contributed by atoms with E-state index in [-0.39, 0.29) is 19.1 Å². The lowest BCUT2D eigenvalue weighted by molar-refractivity contribution is -0.118. The minimum absolute atomic E-state index is 0.243. The quantitative estimate of drug-likeness (QED) is 0.615. The van der Waals surface area contributed by atoms with Crippen molar-refractivity contribution >= 4 is 51.4 Å². The molecular formula is C20H22Cl2N2O4S. The van der Waals surface area contributed by atoms with Gasteiger partial charge in [0.2, 0.25) is 0 Å². The molecule has 1 aliphatic rings. The first-order valence-corrected chi connectivity index (χ1v) is 10.9. The molecule has 0 fully saturated rings. The van der Waals surface area contributed by atoms with Crippen LogP contribution in [0.3, 0.4) is 0 Å². The van der Waals surface area contributed by atoms with Crippen LogP contribution < -0.4 is 10.1 Å². The summed E-state index contributed by atoms with van der Waals surface area (Å²) in [6.07, 6.45) is 0.751. The van der Waals surface area contributed by atoms with Crippen LogP contribution in [-0.4, -0.2) is 43.1 Å². The first kappa shape index (κ1) is 21.9. The molecule has 0 radical (unpaired) electrons. The second-order valence-corrected chi connectivity index (χ2v) is 8.41. The molecule has 1 N–H and O–H groups in total. The Morgan fingerprint density at radius 3 is 2.76 bits per heavy atom. The summed E-state index contributed by atoms with van der Waals surface area (Å²) < 4.78 is 10.7. The van der Waals surface area contributed by atoms with E-state index < -0.39 is 5.97 Å². The molecule has 6 nitrogen and oxygen atoms in total. The number of esters is 1. The van der Waals surface area contributed by atoms with Gasteiger partial charge in [-0.15, -0.1) is 11.3 Å². The van der Waals surface area contributed by atoms with Crippen LogP contribution in [0.1, 0.15) is 34.6 Å². The highest BCUT2D eigenvalue weighted by Gasteiger charge is 2.29. The number of nitrogens with zero attached hydrogens (tertiary/aromatic N) is 1. The van der Waals surface area contributed by atoms with E-state index >= 15 is 0 Å². The number of hydrogen-bond acceptors (Lipinski definition) is 6. The zero-order valence-corrected chi connectivity index (χ0v) is 18.5. The second kappa shape index (κ2) is 9.80. The van der Waals surface area contributed by atoms with E-state index in [0.29, 0.717) is 26.4 Å². The van der Waals surface area contributed by atoms with Crippen molar-refractivity contribution in [3.8, 4) is 5.75 Å². The maximum Gasteiger partial charge on any atom is 0.341 e. The Hall–Kier alpha value is -1.80. The maximum atomic E-state index is 12.5. The predicted molar refractivity (Wildman–Crippen MR) is 116 cm³/mol. The van der Waals surface area contributed by atoms with Gasteiger partial charge in [-0.05, 0) is 43.7 Å². The summed E-state index contributed by atoms with van der Waals surface area (Å²) in [5, 5.41) is 4.11. The average molecular weight is 457 g/mol. The molecule has 2 aromatic rings. The van der Waals surface area contributed by atoms with E-state index in [1.807, 2.05) is 0 Å². The van der Waals surface area contributed by atoms with Gasteiger partial charge in [0.15, 0.2) is 6.61 Å². The Morgan fingerprint density at radius 1 is 1.28 bits per heavy atom. The number of ether oxygens (including phenoxy) is 2. The third-order valence-electron chi connectivity index (χ3n) is 4.57. The smallest absolute Gasteiger partial charge is 0.341 e. The summed E-state index contributed by atoms with van der Waals surface area (Å²) in [5.41, 5.74) is 1.43. The van der Waals surface area contributed by atoms with Crippen LogP contribution in [0.4, 0.5) is 5.00 Å². The number of anilines is 1. The van der Waals surface area contributed by atoms with E-state index in [0.717, 1.165) is 36.5 Å². The number of hydrogen-bond donors (Lipinski definition) is 1. The summed E-state index contributed by atoms with van der Waals surface area (Å²) in [5.74, 6) is -0.430. The highest BCUT2D eigenvalue weighted by molar-refractivity contribution is 7.17. The van der Waals surface area contributed by atoms with Crippen molar-refractivity contribution in [3.63, 3.8) is 0 Å². The summed E-state index contributed by atoms with van der Waals surface area (Å²) in [4.78, 5) is 28.4. The molecule has 1 aromatic carbocycles. The fraction of sp³-hybridized carbons (Fsp3) is 0.400. The number of amides is 1. The third kappa shape index (κ3) is 5.22. The van der Waals surface area contributed by atoms with Gasteiger partial charge in [0.1, 0.15) is 10.8 Å². The molecular weight excluding hydrogens is 435 g/mol. The number of benzene rings is 1. The van der Waals surface area contributed by atoms with Crippen LogP contribution in [0.25, 0.3) is 0 Å². The normalized spacial score (nSPS) is 13.7. The van der Waals surface area contributed by atoms with E-state index in [4.69, 9.17) is 32.7 Å². The Bertz CT molecular complexity index is 916. The fourth-order valence-electron chi connectivity index (χ4n) is 3.13. The molecule has 156 valence electrons. The van der Waals surface area contributed by atoms with Crippen LogP contribution in [0.2, 0.25) is 10.0 Å². The lowest BCUT2D eigenvalue weighted by Crippen LogP contribution is -2.30. The number of nitrogens with one attached hydrogen (secondary N) is 1. The molecule has 3 rings (SSSR count). The standard InChI is InChI=1S/C20H22Cl2N2O4S/c1-3-24-8-7-13-16(10-24)29-19(18(13)20(26)27-4-2)23-17(25)11-28-15-6-5-12(21)9-14(15)22/h5-6,9H,3-4,7-8,10-11H2,1-2H3,(H,23,25). The number of thiophene rings is 1. The molecule has 1 amide bonds. The molecule has 1 aromatic heterocycles. The molecule has 9 heteroatoms. The number of halogens is 2. The first-order chi connectivity index (χ1) is 13.9. The molecule has 0 spiro atoms. The zero-order chi connectivity index (χ0) is 21.0. The monoisotopic (exact) mass is 456 g/mol. The third-order valence-corrected chi connectivity index (χ3v) is 6.23. The molecule has 0 atom stereocenters. The number of likely N-dealkylation sites (N-methyl/N-ethyl adjacent to an activating group) is 1. The van der Waals surface area contributed by atoms with Crippen LogP contribution in [0.15, 0.2) is 18.2 Å². The van der Waals surface area contributed by atoms with Gasteiger partial charge in [0.05, 0.1) is 17.2 Å². The highest BCUT2D eigenvalue weighted by atomic mass is 35.5. The van der Waals surface area contributed by atoms with Crippen LogP contribution in [-0.2, 0) is 22.5 Å². The van der Waals surface area contributed by atoms with Gasteiger partial charge in [0.25, 0.3) is 5.91 Å². The Morgan fingerprint density at radius 2 is 2.07 bits per heavy atom. The molecule has 2 heterocycles. The average Bonchev–Trinajstić information content (AvgIpc) is 3.04. The van der Waals surface area contributed by atoms with Crippen molar-refractivity contribution in [3.05, 3.63) is 44.2 Å². The number of carbonyl (C=O) groups excluding carboxylic acids is 2. The zero-order valence-electron chi connectivity index (χ0n) is 16.2. The van der Waals surface area contributed by atoms with Gasteiger partial charge in [-0.2, -0.15) is 0 Å². The molecule has 0 aliphatic carbocycles. The summed E-state index contributed by atoms with van der Waals surface area (Å²) >= 11 is 13.3. The van der Waals surface area contributed by atoms with E-state index in [1.165, 1.54) is 11.3 Å². The van der Waals surface area contributed by atoms with Crippen LogP contribution in [0.5, 0.6) is 5.75 Å². The molecule has 0 saturated carbocycles. The number of rotatable bonds is 7. The summed E-state index contributed by atoms with van der Waals surface area (Å²) in [6.45, 7) is 6.46. The predicted octanol–water partition coefficient (Wildman–Crippen LogP) is 4.63. The van der Waals surface area contributed by atoms with Crippen molar-refractivity contribution in [1.29, 1.82) is 0 Å². The number of carbonyl (C=O) groups is 2. The Kier molecular flexibility index (Phi) is 7.40. The Balaban J connectivity index is 1.75. The molecule has 0 saturated heterocycles. The van der Waals surface area contributed by atoms with Crippen molar-refractivity contribution in [1.82, 2.24) is 4.90 Å². The fourth-order valence-corrected chi connectivity index (χ4v) is 4.89. The lowest BCUT2D eigenvalue weighted by atomic mass is 10.0. The van der Waals surface area contributed by atoms with Crippen LogP contribution in [0, 0.1) is 0 Å². The maximum absolute atomic E-state index is 12.5. The topological polar surface area (TPSA) is 67.9 Å².